The van der Waals surface area contributed by atoms with Crippen LogP contribution in [0.1, 0.15) is 33.6 Å². The van der Waals surface area contributed by atoms with E-state index in [2.05, 4.69) is 10.6 Å². The SMILES string of the molecule is Cc1cccc(NC(=O)c2sc(NC(=O)C3CC3)cc2C)c1. The van der Waals surface area contributed by atoms with Crippen molar-refractivity contribution in [3.8, 4) is 0 Å². The van der Waals surface area contributed by atoms with E-state index < -0.39 is 0 Å². The molecule has 114 valence electrons. The van der Waals surface area contributed by atoms with Crippen molar-refractivity contribution in [3.05, 3.63) is 46.3 Å². The van der Waals surface area contributed by atoms with Crippen LogP contribution < -0.4 is 10.6 Å². The lowest BCUT2D eigenvalue weighted by molar-refractivity contribution is -0.117. The van der Waals surface area contributed by atoms with Gasteiger partial charge in [-0.05, 0) is 56.0 Å². The molecule has 0 aliphatic heterocycles. The Hall–Kier alpha value is -2.14. The molecule has 1 aliphatic rings. The summed E-state index contributed by atoms with van der Waals surface area (Å²) in [6.07, 6.45) is 1.94. The van der Waals surface area contributed by atoms with E-state index >= 15 is 0 Å². The highest BCUT2D eigenvalue weighted by atomic mass is 32.1. The van der Waals surface area contributed by atoms with Crippen LogP contribution in [0.5, 0.6) is 0 Å². The number of aryl methyl sites for hydroxylation is 2. The molecule has 0 bridgehead atoms. The van der Waals surface area contributed by atoms with Crippen molar-refractivity contribution in [2.75, 3.05) is 10.6 Å². The maximum atomic E-state index is 12.4. The molecular weight excluding hydrogens is 296 g/mol. The van der Waals surface area contributed by atoms with Gasteiger partial charge >= 0.3 is 0 Å². The first kappa shape index (κ1) is 14.8. The maximum absolute atomic E-state index is 12.4. The third kappa shape index (κ3) is 3.36. The molecule has 1 saturated carbocycles. The number of carbonyl (C=O) groups is 2. The van der Waals surface area contributed by atoms with E-state index in [0.717, 1.165) is 34.7 Å². The molecule has 0 saturated heterocycles. The second-order valence-corrected chi connectivity index (χ2v) is 6.76. The molecule has 1 fully saturated rings. The van der Waals surface area contributed by atoms with Crippen molar-refractivity contribution in [2.45, 2.75) is 26.7 Å². The Morgan fingerprint density at radius 2 is 1.91 bits per heavy atom. The van der Waals surface area contributed by atoms with Crippen LogP contribution in [0.25, 0.3) is 0 Å². The number of rotatable bonds is 4. The first-order valence-corrected chi connectivity index (χ1v) is 8.14. The summed E-state index contributed by atoms with van der Waals surface area (Å²) in [6, 6.07) is 9.54. The van der Waals surface area contributed by atoms with Crippen LogP contribution in [0.4, 0.5) is 10.7 Å². The summed E-state index contributed by atoms with van der Waals surface area (Å²) < 4.78 is 0. The maximum Gasteiger partial charge on any atom is 0.266 e. The van der Waals surface area contributed by atoms with Crippen LogP contribution in [-0.2, 0) is 4.79 Å². The monoisotopic (exact) mass is 314 g/mol. The highest BCUT2D eigenvalue weighted by Gasteiger charge is 2.30. The van der Waals surface area contributed by atoms with Crippen LogP contribution in [0.3, 0.4) is 0 Å². The lowest BCUT2D eigenvalue weighted by Crippen LogP contribution is -2.12. The van der Waals surface area contributed by atoms with Gasteiger partial charge in [-0.25, -0.2) is 0 Å². The highest BCUT2D eigenvalue weighted by Crippen LogP contribution is 2.33. The van der Waals surface area contributed by atoms with Crippen LogP contribution in [0, 0.1) is 19.8 Å². The number of hydrogen-bond acceptors (Lipinski definition) is 3. The molecule has 0 atom stereocenters. The number of anilines is 2. The summed E-state index contributed by atoms with van der Waals surface area (Å²) in [4.78, 5) is 24.8. The van der Waals surface area contributed by atoms with Gasteiger partial charge in [-0.2, -0.15) is 0 Å². The first-order valence-electron chi connectivity index (χ1n) is 7.32. The van der Waals surface area contributed by atoms with Crippen molar-refractivity contribution >= 4 is 33.8 Å². The molecule has 3 rings (SSSR count). The van der Waals surface area contributed by atoms with E-state index in [1.54, 1.807) is 0 Å². The summed E-state index contributed by atoms with van der Waals surface area (Å²) >= 11 is 1.32. The van der Waals surface area contributed by atoms with Gasteiger partial charge < -0.3 is 10.6 Å². The lowest BCUT2D eigenvalue weighted by atomic mass is 10.2. The predicted molar refractivity (Wildman–Crippen MR) is 89.5 cm³/mol. The fourth-order valence-electron chi connectivity index (χ4n) is 2.25. The van der Waals surface area contributed by atoms with E-state index in [1.807, 2.05) is 44.2 Å². The summed E-state index contributed by atoms with van der Waals surface area (Å²) in [5, 5.41) is 6.53. The Morgan fingerprint density at radius 1 is 1.14 bits per heavy atom. The van der Waals surface area contributed by atoms with Crippen LogP contribution in [-0.4, -0.2) is 11.8 Å². The van der Waals surface area contributed by atoms with Gasteiger partial charge in [-0.1, -0.05) is 12.1 Å². The lowest BCUT2D eigenvalue weighted by Gasteiger charge is -2.05. The van der Waals surface area contributed by atoms with E-state index in [1.165, 1.54) is 11.3 Å². The molecule has 5 heteroatoms. The Bertz CT molecular complexity index is 732. The Balaban J connectivity index is 1.72. The molecule has 0 radical (unpaired) electrons. The fourth-order valence-corrected chi connectivity index (χ4v) is 3.22. The molecule has 0 unspecified atom stereocenters. The van der Waals surface area contributed by atoms with Gasteiger partial charge in [0, 0.05) is 11.6 Å². The standard InChI is InChI=1S/C17H18N2O2S/c1-10-4-3-5-13(8-10)18-17(21)15-11(2)9-14(22-15)19-16(20)12-6-7-12/h3-5,8-9,12H,6-7H2,1-2H3,(H,18,21)(H,19,20). The minimum Gasteiger partial charge on any atom is -0.321 e. The van der Waals surface area contributed by atoms with Gasteiger partial charge in [0.1, 0.15) is 0 Å². The third-order valence-electron chi connectivity index (χ3n) is 3.59. The Morgan fingerprint density at radius 3 is 2.59 bits per heavy atom. The Kier molecular flexibility index (Phi) is 3.98. The summed E-state index contributed by atoms with van der Waals surface area (Å²) in [7, 11) is 0. The van der Waals surface area contributed by atoms with Gasteiger partial charge in [0.15, 0.2) is 0 Å². The predicted octanol–water partition coefficient (Wildman–Crippen LogP) is 3.97. The van der Waals surface area contributed by atoms with Crippen LogP contribution >= 0.6 is 11.3 Å². The zero-order chi connectivity index (χ0) is 15.7. The minimum absolute atomic E-state index is 0.0619. The second kappa shape index (κ2) is 5.93. The largest absolute Gasteiger partial charge is 0.321 e. The molecule has 2 N–H and O–H groups in total. The van der Waals surface area contributed by atoms with E-state index in [-0.39, 0.29) is 17.7 Å². The number of carbonyl (C=O) groups excluding carboxylic acids is 2. The van der Waals surface area contributed by atoms with Gasteiger partial charge in [-0.3, -0.25) is 9.59 Å². The highest BCUT2D eigenvalue weighted by molar-refractivity contribution is 7.18. The zero-order valence-electron chi connectivity index (χ0n) is 12.6. The number of amides is 2. The quantitative estimate of drug-likeness (QED) is 0.897. The van der Waals surface area contributed by atoms with Gasteiger partial charge in [0.2, 0.25) is 5.91 Å². The molecule has 22 heavy (non-hydrogen) atoms. The van der Waals surface area contributed by atoms with Crippen LogP contribution in [0.2, 0.25) is 0 Å². The molecule has 1 aliphatic carbocycles. The molecular formula is C17H18N2O2S. The molecule has 2 amide bonds. The smallest absolute Gasteiger partial charge is 0.266 e. The molecule has 0 spiro atoms. The van der Waals surface area contributed by atoms with E-state index in [0.29, 0.717) is 4.88 Å². The Labute approximate surface area is 133 Å². The van der Waals surface area contributed by atoms with Crippen molar-refractivity contribution < 1.29 is 9.59 Å². The summed E-state index contributed by atoms with van der Waals surface area (Å²) in [6.45, 7) is 3.87. The molecule has 4 nitrogen and oxygen atoms in total. The van der Waals surface area contributed by atoms with Crippen molar-refractivity contribution in [1.29, 1.82) is 0 Å². The molecule has 1 heterocycles. The normalized spacial score (nSPS) is 13.7. The number of benzene rings is 1. The third-order valence-corrected chi connectivity index (χ3v) is 4.75. The second-order valence-electron chi connectivity index (χ2n) is 5.71. The van der Waals surface area contributed by atoms with Gasteiger partial charge in [0.25, 0.3) is 5.91 Å². The van der Waals surface area contributed by atoms with E-state index in [9.17, 15) is 9.59 Å². The average molecular weight is 314 g/mol. The van der Waals surface area contributed by atoms with Crippen molar-refractivity contribution in [3.63, 3.8) is 0 Å². The van der Waals surface area contributed by atoms with Crippen LogP contribution in [0.15, 0.2) is 30.3 Å². The molecule has 2 aromatic rings. The fraction of sp³-hybridized carbons (Fsp3) is 0.294. The number of hydrogen-bond donors (Lipinski definition) is 2. The zero-order valence-corrected chi connectivity index (χ0v) is 13.4. The van der Waals surface area contributed by atoms with Crippen molar-refractivity contribution in [1.82, 2.24) is 0 Å². The minimum atomic E-state index is -0.139. The number of thiophene rings is 1. The summed E-state index contributed by atoms with van der Waals surface area (Å²) in [5.74, 6) is 0.0823. The summed E-state index contributed by atoms with van der Waals surface area (Å²) in [5.41, 5.74) is 2.75. The topological polar surface area (TPSA) is 58.2 Å². The number of nitrogens with one attached hydrogen (secondary N) is 2. The van der Waals surface area contributed by atoms with E-state index in [4.69, 9.17) is 0 Å². The van der Waals surface area contributed by atoms with Gasteiger partial charge in [-0.15, -0.1) is 11.3 Å². The van der Waals surface area contributed by atoms with Gasteiger partial charge in [0.05, 0.1) is 9.88 Å². The average Bonchev–Trinajstić information content (AvgIpc) is 3.23. The molecule has 1 aromatic heterocycles. The van der Waals surface area contributed by atoms with Crippen molar-refractivity contribution in [2.24, 2.45) is 5.92 Å². The first-order chi connectivity index (χ1) is 10.5. The molecule has 1 aromatic carbocycles.